The summed E-state index contributed by atoms with van der Waals surface area (Å²) in [7, 11) is 0. The van der Waals surface area contributed by atoms with Crippen molar-refractivity contribution in [2.45, 2.75) is 0 Å². The second kappa shape index (κ2) is 1.12. The highest BCUT2D eigenvalue weighted by Gasteiger charge is 1.87. The normalized spacial score (nSPS) is 10.5. The zero-order valence-electron chi connectivity index (χ0n) is 4.13. The summed E-state index contributed by atoms with van der Waals surface area (Å²) < 4.78 is 1.72. The van der Waals surface area contributed by atoms with Crippen molar-refractivity contribution >= 4 is 5.65 Å². The molecule has 0 spiro atoms. The zero-order valence-corrected chi connectivity index (χ0v) is 4.13. The summed E-state index contributed by atoms with van der Waals surface area (Å²) in [6, 6.07) is 1.89. The van der Waals surface area contributed by atoms with Gasteiger partial charge in [0.15, 0.2) is 0 Å². The number of aromatic amines is 1. The van der Waals surface area contributed by atoms with Crippen LogP contribution >= 0.6 is 0 Å². The standard InChI is InChI=1S/C5H4N3/c1-2-7-8-4-3-6-5(1)8/h1-2,4,6H. The molecule has 0 aromatic carbocycles. The van der Waals surface area contributed by atoms with Crippen LogP contribution in [0.25, 0.3) is 5.65 Å². The molecule has 2 rings (SSSR count). The molecule has 39 valence electrons. The van der Waals surface area contributed by atoms with Crippen LogP contribution in [0.4, 0.5) is 0 Å². The van der Waals surface area contributed by atoms with Crippen LogP contribution in [0.1, 0.15) is 0 Å². The van der Waals surface area contributed by atoms with Crippen molar-refractivity contribution in [3.8, 4) is 0 Å². The third-order valence-corrected chi connectivity index (χ3v) is 1.06. The van der Waals surface area contributed by atoms with Crippen LogP contribution in [-0.4, -0.2) is 14.6 Å². The van der Waals surface area contributed by atoms with Crippen molar-refractivity contribution in [3.05, 3.63) is 24.7 Å². The van der Waals surface area contributed by atoms with Crippen LogP contribution < -0.4 is 0 Å². The van der Waals surface area contributed by atoms with Crippen LogP contribution in [0.3, 0.4) is 0 Å². The van der Waals surface area contributed by atoms with Gasteiger partial charge in [-0.15, -0.1) is 0 Å². The number of fused-ring (bicyclic) bond motifs is 1. The average molecular weight is 106 g/mol. The Labute approximate surface area is 45.9 Å². The summed E-state index contributed by atoms with van der Waals surface area (Å²) in [4.78, 5) is 2.88. The van der Waals surface area contributed by atoms with E-state index in [0.717, 1.165) is 5.65 Å². The van der Waals surface area contributed by atoms with Gasteiger partial charge in [-0.2, -0.15) is 5.10 Å². The molecule has 0 fully saturated rings. The molecule has 2 heterocycles. The van der Waals surface area contributed by atoms with Crippen molar-refractivity contribution in [1.82, 2.24) is 14.6 Å². The molecular weight excluding hydrogens is 102 g/mol. The fourth-order valence-electron chi connectivity index (χ4n) is 0.684. The van der Waals surface area contributed by atoms with E-state index in [2.05, 4.69) is 16.3 Å². The SMILES string of the molecule is [c]1cn2nccc2[nH]1. The first-order chi connectivity index (χ1) is 3.97. The Bertz CT molecular complexity index is 229. The molecule has 0 aliphatic rings. The minimum atomic E-state index is 0.977. The van der Waals surface area contributed by atoms with E-state index in [0.29, 0.717) is 0 Å². The third-order valence-electron chi connectivity index (χ3n) is 1.06. The maximum absolute atomic E-state index is 3.93. The number of H-pyrrole nitrogens is 1. The van der Waals surface area contributed by atoms with E-state index >= 15 is 0 Å². The Morgan fingerprint density at radius 2 is 2.75 bits per heavy atom. The molecule has 0 unspecified atom stereocenters. The van der Waals surface area contributed by atoms with Gasteiger partial charge in [0.2, 0.25) is 0 Å². The van der Waals surface area contributed by atoms with Crippen LogP contribution in [0.5, 0.6) is 0 Å². The summed E-state index contributed by atoms with van der Waals surface area (Å²) in [5, 5.41) is 3.93. The number of nitrogens with zero attached hydrogens (tertiary/aromatic N) is 2. The first kappa shape index (κ1) is 3.72. The van der Waals surface area contributed by atoms with Crippen molar-refractivity contribution in [2.24, 2.45) is 0 Å². The minimum Gasteiger partial charge on any atom is -0.337 e. The topological polar surface area (TPSA) is 33.1 Å². The molecule has 8 heavy (non-hydrogen) atoms. The minimum absolute atomic E-state index is 0.977. The Morgan fingerprint density at radius 1 is 1.75 bits per heavy atom. The fourth-order valence-corrected chi connectivity index (χ4v) is 0.684. The Hall–Kier alpha value is -1.25. The van der Waals surface area contributed by atoms with Crippen LogP contribution in [0, 0.1) is 6.20 Å². The predicted octanol–water partition coefficient (Wildman–Crippen LogP) is 0.463. The number of rotatable bonds is 0. The fraction of sp³-hybridized carbons (Fsp3) is 0. The Kier molecular flexibility index (Phi) is 0.521. The number of aromatic nitrogens is 3. The molecular formula is C5H4N3. The summed E-state index contributed by atoms with van der Waals surface area (Å²) in [5.41, 5.74) is 0.977. The first-order valence-electron chi connectivity index (χ1n) is 2.35. The number of hydrogen-bond acceptors (Lipinski definition) is 1. The Morgan fingerprint density at radius 3 is 3.62 bits per heavy atom. The van der Waals surface area contributed by atoms with Gasteiger partial charge in [0.05, 0.1) is 18.6 Å². The quantitative estimate of drug-likeness (QED) is 0.520. The maximum atomic E-state index is 3.93. The van der Waals surface area contributed by atoms with E-state index in [1.807, 2.05) is 6.07 Å². The van der Waals surface area contributed by atoms with Crippen molar-refractivity contribution in [1.29, 1.82) is 0 Å². The molecule has 2 aromatic rings. The average Bonchev–Trinajstić information content (AvgIpc) is 2.15. The smallest absolute Gasteiger partial charge is 0.133 e. The lowest BCUT2D eigenvalue weighted by molar-refractivity contribution is 0.973. The summed E-state index contributed by atoms with van der Waals surface area (Å²) in [6.45, 7) is 0. The summed E-state index contributed by atoms with van der Waals surface area (Å²) in [5.74, 6) is 0. The van der Waals surface area contributed by atoms with E-state index in [9.17, 15) is 0 Å². The molecule has 0 aliphatic carbocycles. The predicted molar refractivity (Wildman–Crippen MR) is 28.4 cm³/mol. The van der Waals surface area contributed by atoms with Gasteiger partial charge >= 0.3 is 0 Å². The van der Waals surface area contributed by atoms with Crippen molar-refractivity contribution in [2.75, 3.05) is 0 Å². The highest BCUT2D eigenvalue weighted by molar-refractivity contribution is 5.34. The lowest BCUT2D eigenvalue weighted by Crippen LogP contribution is -1.75. The summed E-state index contributed by atoms with van der Waals surface area (Å²) >= 11 is 0. The largest absolute Gasteiger partial charge is 0.337 e. The van der Waals surface area contributed by atoms with Gasteiger partial charge in [-0.25, -0.2) is 4.52 Å². The molecule has 0 aliphatic heterocycles. The van der Waals surface area contributed by atoms with E-state index in [-0.39, 0.29) is 0 Å². The van der Waals surface area contributed by atoms with Crippen LogP contribution in [0.2, 0.25) is 0 Å². The van der Waals surface area contributed by atoms with E-state index in [1.165, 1.54) is 0 Å². The van der Waals surface area contributed by atoms with Crippen molar-refractivity contribution in [3.63, 3.8) is 0 Å². The van der Waals surface area contributed by atoms with Gasteiger partial charge in [0, 0.05) is 6.07 Å². The third kappa shape index (κ3) is 0.307. The lowest BCUT2D eigenvalue weighted by Gasteiger charge is -1.72. The second-order valence-corrected chi connectivity index (χ2v) is 1.56. The molecule has 3 nitrogen and oxygen atoms in total. The highest BCUT2D eigenvalue weighted by atomic mass is 15.2. The van der Waals surface area contributed by atoms with E-state index in [4.69, 9.17) is 0 Å². The molecule has 1 N–H and O–H groups in total. The Balaban J connectivity index is 3.06. The first-order valence-corrected chi connectivity index (χ1v) is 2.35. The van der Waals surface area contributed by atoms with Crippen LogP contribution in [-0.2, 0) is 0 Å². The maximum Gasteiger partial charge on any atom is 0.133 e. The monoisotopic (exact) mass is 106 g/mol. The molecule has 1 radical (unpaired) electrons. The number of nitrogens with one attached hydrogen (secondary N) is 1. The number of imidazole rings is 1. The lowest BCUT2D eigenvalue weighted by atomic mass is 10.7. The zero-order chi connectivity index (χ0) is 5.40. The molecule has 3 heteroatoms. The molecule has 0 saturated heterocycles. The number of hydrogen-bond donors (Lipinski definition) is 1. The molecule has 0 amide bonds. The molecule has 0 bridgehead atoms. The van der Waals surface area contributed by atoms with Gasteiger partial charge < -0.3 is 4.98 Å². The highest BCUT2D eigenvalue weighted by Crippen LogP contribution is 1.93. The van der Waals surface area contributed by atoms with Gasteiger partial charge in [0.25, 0.3) is 0 Å². The van der Waals surface area contributed by atoms with E-state index in [1.54, 1.807) is 16.9 Å². The van der Waals surface area contributed by atoms with Gasteiger partial charge in [-0.1, -0.05) is 0 Å². The summed E-state index contributed by atoms with van der Waals surface area (Å²) in [6.07, 6.45) is 6.27. The second-order valence-electron chi connectivity index (χ2n) is 1.56. The van der Waals surface area contributed by atoms with Crippen molar-refractivity contribution < 1.29 is 0 Å². The van der Waals surface area contributed by atoms with Gasteiger partial charge in [-0.05, 0) is 0 Å². The molecule has 2 aromatic heterocycles. The molecule has 0 saturated carbocycles. The van der Waals surface area contributed by atoms with Gasteiger partial charge in [-0.3, -0.25) is 0 Å². The van der Waals surface area contributed by atoms with Gasteiger partial charge in [0.1, 0.15) is 5.65 Å². The molecule has 0 atom stereocenters. The van der Waals surface area contributed by atoms with E-state index < -0.39 is 0 Å². The van der Waals surface area contributed by atoms with Crippen LogP contribution in [0.15, 0.2) is 18.5 Å².